The van der Waals surface area contributed by atoms with Gasteiger partial charge in [0, 0.05) is 45.7 Å². The first-order valence-corrected chi connectivity index (χ1v) is 12.1. The van der Waals surface area contributed by atoms with E-state index in [9.17, 15) is 10.2 Å². The molecule has 0 spiro atoms. The number of anilines is 1. The van der Waals surface area contributed by atoms with Gasteiger partial charge in [0.05, 0.1) is 24.3 Å². The highest BCUT2D eigenvalue weighted by Crippen LogP contribution is 2.35. The average Bonchev–Trinajstić information content (AvgIpc) is 3.40. The highest BCUT2D eigenvalue weighted by atomic mass is 32.1. The van der Waals surface area contributed by atoms with E-state index in [1.807, 2.05) is 6.07 Å². The van der Waals surface area contributed by atoms with E-state index >= 15 is 0 Å². The number of aliphatic hydroxyl groups excluding tert-OH is 2. The largest absolute Gasteiger partial charge is 0.394 e. The smallest absolute Gasteiger partial charge is 0.167 e. The Morgan fingerprint density at radius 1 is 1.09 bits per heavy atom. The van der Waals surface area contributed by atoms with Gasteiger partial charge in [-0.1, -0.05) is 30.3 Å². The highest BCUT2D eigenvalue weighted by molar-refractivity contribution is 7.81. The zero-order valence-electron chi connectivity index (χ0n) is 18.9. The quantitative estimate of drug-likeness (QED) is 0.350. The maximum atomic E-state index is 10.3. The summed E-state index contributed by atoms with van der Waals surface area (Å²) in [7, 11) is 0. The number of aromatic nitrogens is 4. The van der Waals surface area contributed by atoms with Crippen LogP contribution in [0.15, 0.2) is 36.7 Å². The molecule has 2 saturated heterocycles. The summed E-state index contributed by atoms with van der Waals surface area (Å²) in [6.07, 6.45) is 0.0348. The zero-order chi connectivity index (χ0) is 23.7. The number of benzene rings is 1. The van der Waals surface area contributed by atoms with Gasteiger partial charge in [-0.05, 0) is 5.56 Å². The molecule has 2 aromatic heterocycles. The zero-order valence-corrected chi connectivity index (χ0v) is 19.8. The normalized spacial score (nSPS) is 26.4. The molecule has 0 aliphatic carbocycles. The second-order valence-electron chi connectivity index (χ2n) is 8.93. The molecule has 3 aromatic rings. The van der Waals surface area contributed by atoms with Crippen LogP contribution in [0.4, 0.5) is 5.82 Å². The summed E-state index contributed by atoms with van der Waals surface area (Å²) in [5.41, 5.74) is 8.57. The number of nitrogens with two attached hydrogens (primary N) is 1. The van der Waals surface area contributed by atoms with Gasteiger partial charge in [0.2, 0.25) is 0 Å². The maximum absolute atomic E-state index is 10.3. The Morgan fingerprint density at radius 2 is 1.82 bits per heavy atom. The molecule has 2 aliphatic rings. The highest BCUT2D eigenvalue weighted by Gasteiger charge is 2.43. The summed E-state index contributed by atoms with van der Waals surface area (Å²) in [6, 6.07) is 10.6. The molecule has 5 rings (SSSR count). The lowest BCUT2D eigenvalue weighted by Crippen LogP contribution is -2.46. The number of hydrogen-bond acceptors (Lipinski definition) is 10. The van der Waals surface area contributed by atoms with Gasteiger partial charge in [-0.25, -0.2) is 15.0 Å². The van der Waals surface area contributed by atoms with Gasteiger partial charge in [0.25, 0.3) is 0 Å². The number of ether oxygens (including phenoxy) is 1. The van der Waals surface area contributed by atoms with Gasteiger partial charge in [-0.15, -0.1) is 0 Å². The van der Waals surface area contributed by atoms with E-state index in [0.29, 0.717) is 29.2 Å². The molecule has 0 amide bonds. The molecule has 4 atom stereocenters. The van der Waals surface area contributed by atoms with Crippen molar-refractivity contribution in [3.63, 3.8) is 0 Å². The van der Waals surface area contributed by atoms with Crippen LogP contribution in [0.3, 0.4) is 0 Å². The molecule has 1 aromatic carbocycles. The fraction of sp³-hybridized carbons (Fsp3) is 0.522. The molecule has 0 radical (unpaired) electrons. The van der Waals surface area contributed by atoms with Crippen LogP contribution < -0.4 is 5.73 Å². The molecule has 10 nitrogen and oxygen atoms in total. The first kappa shape index (κ1) is 23.5. The van der Waals surface area contributed by atoms with E-state index in [4.69, 9.17) is 15.5 Å². The molecule has 2 fully saturated rings. The van der Waals surface area contributed by atoms with Crippen molar-refractivity contribution in [2.75, 3.05) is 45.1 Å². The van der Waals surface area contributed by atoms with Crippen molar-refractivity contribution in [3.05, 3.63) is 48.0 Å². The standard InChI is InChI=1S/C23H31N7O3S/c24-21-18-22(30(14-25-18)23-20(34)19(32)16(13-31)33-23)27-17(26-21)6-7-28-8-10-29(11-9-28)12-15-4-2-1-3-5-15/h1-5,14,16,19-20,23,31-32,34H,6-13H2,(H2,24,26,27)/t16-,19-,20-,23-/m1/s1. The average molecular weight is 486 g/mol. The van der Waals surface area contributed by atoms with Crippen molar-refractivity contribution in [2.45, 2.75) is 36.7 Å². The van der Waals surface area contributed by atoms with Crippen LogP contribution >= 0.6 is 12.6 Å². The van der Waals surface area contributed by atoms with E-state index in [0.717, 1.165) is 39.3 Å². The molecule has 0 saturated carbocycles. The van der Waals surface area contributed by atoms with Gasteiger partial charge >= 0.3 is 0 Å². The Morgan fingerprint density at radius 3 is 2.53 bits per heavy atom. The van der Waals surface area contributed by atoms with E-state index in [1.165, 1.54) is 5.56 Å². The Balaban J connectivity index is 1.22. The van der Waals surface area contributed by atoms with Crippen molar-refractivity contribution in [2.24, 2.45) is 0 Å². The molecule has 182 valence electrons. The van der Waals surface area contributed by atoms with Gasteiger partial charge in [-0.3, -0.25) is 9.47 Å². The minimum atomic E-state index is -0.894. The summed E-state index contributed by atoms with van der Waals surface area (Å²) in [5.74, 6) is 0.964. The first-order valence-electron chi connectivity index (χ1n) is 11.6. The molecule has 0 unspecified atom stereocenters. The van der Waals surface area contributed by atoms with Gasteiger partial charge in [0.15, 0.2) is 17.7 Å². The Labute approximate surface area is 203 Å². The lowest BCUT2D eigenvalue weighted by atomic mass is 10.2. The minimum absolute atomic E-state index is 0.289. The number of fused-ring (bicyclic) bond motifs is 1. The maximum Gasteiger partial charge on any atom is 0.167 e. The van der Waals surface area contributed by atoms with Crippen LogP contribution in [0.25, 0.3) is 11.2 Å². The lowest BCUT2D eigenvalue weighted by Gasteiger charge is -2.34. The fourth-order valence-electron chi connectivity index (χ4n) is 4.66. The SMILES string of the molecule is Nc1nc(CCN2CCN(Cc3ccccc3)CC2)nc2c1ncn2[C@@H]1O[C@H](CO)[C@@H](O)[C@H]1S. The van der Waals surface area contributed by atoms with Gasteiger partial charge in [0.1, 0.15) is 17.4 Å². The van der Waals surface area contributed by atoms with Crippen LogP contribution in [0, 0.1) is 0 Å². The van der Waals surface area contributed by atoms with Crippen molar-refractivity contribution in [3.8, 4) is 0 Å². The predicted molar refractivity (Wildman–Crippen MR) is 131 cm³/mol. The number of hydrogen-bond donors (Lipinski definition) is 4. The van der Waals surface area contributed by atoms with Gasteiger partial charge in [-0.2, -0.15) is 12.6 Å². The lowest BCUT2D eigenvalue weighted by molar-refractivity contribution is -0.0430. The summed E-state index contributed by atoms with van der Waals surface area (Å²) in [5, 5.41) is 19.2. The Kier molecular flexibility index (Phi) is 7.00. The third-order valence-electron chi connectivity index (χ3n) is 6.65. The number of aliphatic hydroxyl groups is 2. The van der Waals surface area contributed by atoms with Crippen molar-refractivity contribution in [1.82, 2.24) is 29.3 Å². The molecule has 2 aliphatic heterocycles. The molecular formula is C23H31N7O3S. The molecule has 4 heterocycles. The summed E-state index contributed by atoms with van der Waals surface area (Å²) in [4.78, 5) is 18.4. The molecular weight excluding hydrogens is 454 g/mol. The topological polar surface area (TPSA) is 126 Å². The van der Waals surface area contributed by atoms with E-state index in [2.05, 4.69) is 56.7 Å². The van der Waals surface area contributed by atoms with E-state index in [1.54, 1.807) is 10.9 Å². The monoisotopic (exact) mass is 485 g/mol. The van der Waals surface area contributed by atoms with Crippen molar-refractivity contribution >= 4 is 29.6 Å². The second kappa shape index (κ2) is 10.1. The van der Waals surface area contributed by atoms with Crippen LogP contribution in [0.5, 0.6) is 0 Å². The number of thiol groups is 1. The van der Waals surface area contributed by atoms with Crippen LogP contribution in [0.1, 0.15) is 17.6 Å². The molecule has 0 bridgehead atoms. The first-order chi connectivity index (χ1) is 16.5. The Hall–Kier alpha value is -2.28. The molecule has 4 N–H and O–H groups in total. The van der Waals surface area contributed by atoms with Crippen LogP contribution in [-0.4, -0.2) is 96.3 Å². The Bertz CT molecular complexity index is 1110. The van der Waals surface area contributed by atoms with Gasteiger partial charge < -0.3 is 25.6 Å². The summed E-state index contributed by atoms with van der Waals surface area (Å²) < 4.78 is 7.53. The third-order valence-corrected chi connectivity index (χ3v) is 7.21. The third kappa shape index (κ3) is 4.77. The minimum Gasteiger partial charge on any atom is -0.394 e. The number of nitrogens with zero attached hydrogens (tertiary/aromatic N) is 6. The second-order valence-corrected chi connectivity index (χ2v) is 9.53. The van der Waals surface area contributed by atoms with E-state index in [-0.39, 0.29) is 6.61 Å². The van der Waals surface area contributed by atoms with E-state index < -0.39 is 23.7 Å². The van der Waals surface area contributed by atoms with Crippen LogP contribution in [-0.2, 0) is 17.7 Å². The number of imidazole rings is 1. The number of rotatable bonds is 7. The number of piperazine rings is 1. The predicted octanol–water partition coefficient (Wildman–Crippen LogP) is 0.318. The van der Waals surface area contributed by atoms with Crippen molar-refractivity contribution < 1.29 is 14.9 Å². The molecule has 34 heavy (non-hydrogen) atoms. The number of nitrogen functional groups attached to an aromatic ring is 1. The van der Waals surface area contributed by atoms with Crippen LogP contribution in [0.2, 0.25) is 0 Å². The van der Waals surface area contributed by atoms with Crippen molar-refractivity contribution in [1.29, 1.82) is 0 Å². The summed E-state index contributed by atoms with van der Waals surface area (Å²) in [6.45, 7) is 5.60. The fourth-order valence-corrected chi connectivity index (χ4v) is 5.07. The molecule has 11 heteroatoms. The summed E-state index contributed by atoms with van der Waals surface area (Å²) >= 11 is 4.49.